The van der Waals surface area contributed by atoms with E-state index in [2.05, 4.69) is 0 Å². The van der Waals surface area contributed by atoms with Crippen LogP contribution >= 0.6 is 0 Å². The first-order chi connectivity index (χ1) is 9.23. The van der Waals surface area contributed by atoms with Gasteiger partial charge in [0, 0.05) is 0 Å². The minimum absolute atomic E-state index is 0.0285. The Labute approximate surface area is 117 Å². The fraction of sp³-hybridized carbons (Fsp3) is 0.0769. The predicted molar refractivity (Wildman–Crippen MR) is 72.9 cm³/mol. The van der Waals surface area contributed by atoms with Gasteiger partial charge in [-0.1, -0.05) is 29.8 Å². The highest BCUT2D eigenvalue weighted by atomic mass is 32.2. The third-order valence-corrected chi connectivity index (χ3v) is 5.62. The minimum atomic E-state index is -4.61. The molecule has 0 aliphatic rings. The molecule has 2 rings (SSSR count). The van der Waals surface area contributed by atoms with E-state index in [1.165, 1.54) is 24.3 Å². The van der Waals surface area contributed by atoms with Crippen molar-refractivity contribution in [3.05, 3.63) is 54.1 Å². The van der Waals surface area contributed by atoms with Gasteiger partial charge in [0.05, 0.1) is 9.79 Å². The molecule has 0 fully saturated rings. The molecule has 0 saturated heterocycles. The zero-order valence-corrected chi connectivity index (χ0v) is 12.1. The fourth-order valence-corrected chi connectivity index (χ4v) is 4.29. The van der Waals surface area contributed by atoms with Gasteiger partial charge in [-0.15, -0.1) is 0 Å². The Morgan fingerprint density at radius 2 is 1.30 bits per heavy atom. The highest BCUT2D eigenvalue weighted by molar-refractivity contribution is 7.92. The smallest absolute Gasteiger partial charge is 0.282 e. The van der Waals surface area contributed by atoms with Gasteiger partial charge in [-0.3, -0.25) is 4.55 Å². The van der Waals surface area contributed by atoms with E-state index in [1.807, 2.05) is 6.92 Å². The second-order valence-electron chi connectivity index (χ2n) is 4.24. The van der Waals surface area contributed by atoms with Crippen LogP contribution in [0, 0.1) is 6.92 Å². The zero-order chi connectivity index (χ0) is 15.0. The molecule has 0 heterocycles. The molecule has 20 heavy (non-hydrogen) atoms. The van der Waals surface area contributed by atoms with Crippen LogP contribution in [0.25, 0.3) is 0 Å². The van der Waals surface area contributed by atoms with Crippen LogP contribution in [0.15, 0.2) is 63.2 Å². The van der Waals surface area contributed by atoms with Crippen molar-refractivity contribution in [1.29, 1.82) is 0 Å². The second kappa shape index (κ2) is 5.01. The molecule has 5 nitrogen and oxygen atoms in total. The van der Waals surface area contributed by atoms with Gasteiger partial charge < -0.3 is 0 Å². The molecule has 0 aromatic heterocycles. The van der Waals surface area contributed by atoms with Gasteiger partial charge in [0.15, 0.2) is 0 Å². The SMILES string of the molecule is Cc1ccc(S(=O)(=O)c2ccccc2S(=O)(=O)O)cc1. The molecule has 0 unspecified atom stereocenters. The van der Waals surface area contributed by atoms with Crippen LogP contribution in [-0.4, -0.2) is 21.4 Å². The molecule has 1 N–H and O–H groups in total. The standard InChI is InChI=1S/C13H12O5S2/c1-10-6-8-11(9-7-10)19(14,15)12-4-2-3-5-13(12)20(16,17)18/h2-9H,1H3,(H,16,17,18). The summed E-state index contributed by atoms with van der Waals surface area (Å²) in [6.45, 7) is 1.81. The van der Waals surface area contributed by atoms with E-state index in [-0.39, 0.29) is 4.90 Å². The van der Waals surface area contributed by atoms with Crippen molar-refractivity contribution in [1.82, 2.24) is 0 Å². The normalized spacial score (nSPS) is 12.3. The van der Waals surface area contributed by atoms with Gasteiger partial charge in [-0.2, -0.15) is 8.42 Å². The van der Waals surface area contributed by atoms with Crippen LogP contribution in [0.4, 0.5) is 0 Å². The Morgan fingerprint density at radius 3 is 1.80 bits per heavy atom. The summed E-state index contributed by atoms with van der Waals surface area (Å²) in [6.07, 6.45) is 0. The van der Waals surface area contributed by atoms with E-state index in [0.717, 1.165) is 17.7 Å². The van der Waals surface area contributed by atoms with E-state index >= 15 is 0 Å². The maximum Gasteiger partial charge on any atom is 0.295 e. The lowest BCUT2D eigenvalue weighted by molar-refractivity contribution is 0.480. The fourth-order valence-electron chi connectivity index (χ4n) is 1.73. The maximum absolute atomic E-state index is 12.4. The Balaban J connectivity index is 2.71. The molecule has 0 spiro atoms. The van der Waals surface area contributed by atoms with Crippen LogP contribution in [-0.2, 0) is 20.0 Å². The highest BCUT2D eigenvalue weighted by Gasteiger charge is 2.26. The average molecular weight is 312 g/mol. The van der Waals surface area contributed by atoms with Gasteiger partial charge in [-0.05, 0) is 31.2 Å². The third-order valence-electron chi connectivity index (χ3n) is 2.75. The lowest BCUT2D eigenvalue weighted by atomic mass is 10.2. The van der Waals surface area contributed by atoms with Gasteiger partial charge in [-0.25, -0.2) is 8.42 Å². The van der Waals surface area contributed by atoms with E-state index in [1.54, 1.807) is 12.1 Å². The molecule has 106 valence electrons. The van der Waals surface area contributed by atoms with Gasteiger partial charge in [0.2, 0.25) is 9.84 Å². The zero-order valence-electron chi connectivity index (χ0n) is 10.5. The van der Waals surface area contributed by atoms with E-state index in [4.69, 9.17) is 4.55 Å². The largest absolute Gasteiger partial charge is 0.295 e. The number of aryl methyl sites for hydroxylation is 1. The summed E-state index contributed by atoms with van der Waals surface area (Å²) >= 11 is 0. The molecular formula is C13H12O5S2. The summed E-state index contributed by atoms with van der Waals surface area (Å²) in [7, 11) is -8.62. The monoisotopic (exact) mass is 312 g/mol. The Hall–Kier alpha value is -1.70. The average Bonchev–Trinajstić information content (AvgIpc) is 2.38. The van der Waals surface area contributed by atoms with E-state index in [9.17, 15) is 16.8 Å². The summed E-state index contributed by atoms with van der Waals surface area (Å²) in [6, 6.07) is 11.0. The summed E-state index contributed by atoms with van der Waals surface area (Å²) in [5, 5.41) is 0. The Kier molecular flexibility index (Phi) is 3.68. The molecule has 0 radical (unpaired) electrons. The van der Waals surface area contributed by atoms with E-state index < -0.39 is 29.7 Å². The van der Waals surface area contributed by atoms with Crippen molar-refractivity contribution in [2.24, 2.45) is 0 Å². The van der Waals surface area contributed by atoms with Crippen molar-refractivity contribution in [2.75, 3.05) is 0 Å². The summed E-state index contributed by atoms with van der Waals surface area (Å²) in [5.74, 6) is 0. The summed E-state index contributed by atoms with van der Waals surface area (Å²) < 4.78 is 56.6. The molecule has 7 heteroatoms. The van der Waals surface area contributed by atoms with Gasteiger partial charge in [0.25, 0.3) is 10.1 Å². The number of rotatable bonds is 3. The minimum Gasteiger partial charge on any atom is -0.282 e. The second-order valence-corrected chi connectivity index (χ2v) is 7.55. The summed E-state index contributed by atoms with van der Waals surface area (Å²) in [4.78, 5) is -1.09. The van der Waals surface area contributed by atoms with Crippen LogP contribution in [0.2, 0.25) is 0 Å². The summed E-state index contributed by atoms with van der Waals surface area (Å²) in [5.41, 5.74) is 0.881. The Bertz CT molecular complexity index is 835. The molecular weight excluding hydrogens is 300 g/mol. The molecule has 2 aromatic rings. The lowest BCUT2D eigenvalue weighted by Gasteiger charge is -2.08. The first kappa shape index (κ1) is 14.7. The first-order valence-electron chi connectivity index (χ1n) is 5.61. The van der Waals surface area contributed by atoms with E-state index in [0.29, 0.717) is 0 Å². The number of hydrogen-bond donors (Lipinski definition) is 1. The lowest BCUT2D eigenvalue weighted by Crippen LogP contribution is -2.09. The quantitative estimate of drug-likeness (QED) is 0.877. The van der Waals surface area contributed by atoms with Crippen LogP contribution < -0.4 is 0 Å². The van der Waals surface area contributed by atoms with Crippen LogP contribution in [0.3, 0.4) is 0 Å². The van der Waals surface area contributed by atoms with Crippen molar-refractivity contribution >= 4 is 20.0 Å². The first-order valence-corrected chi connectivity index (χ1v) is 8.53. The third kappa shape index (κ3) is 2.74. The van der Waals surface area contributed by atoms with Crippen LogP contribution in [0.5, 0.6) is 0 Å². The molecule has 0 atom stereocenters. The number of hydrogen-bond acceptors (Lipinski definition) is 4. The van der Waals surface area contributed by atoms with Crippen molar-refractivity contribution in [2.45, 2.75) is 21.6 Å². The predicted octanol–water partition coefficient (Wildman–Crippen LogP) is 2.07. The molecule has 2 aromatic carbocycles. The van der Waals surface area contributed by atoms with Crippen molar-refractivity contribution < 1.29 is 21.4 Å². The highest BCUT2D eigenvalue weighted by Crippen LogP contribution is 2.27. The number of sulfone groups is 1. The maximum atomic E-state index is 12.4. The Morgan fingerprint density at radius 1 is 0.800 bits per heavy atom. The molecule has 0 aliphatic heterocycles. The topological polar surface area (TPSA) is 88.5 Å². The van der Waals surface area contributed by atoms with Crippen LogP contribution in [0.1, 0.15) is 5.56 Å². The van der Waals surface area contributed by atoms with Gasteiger partial charge in [0.1, 0.15) is 4.90 Å². The van der Waals surface area contributed by atoms with Gasteiger partial charge >= 0.3 is 0 Å². The molecule has 0 aliphatic carbocycles. The molecule has 0 bridgehead atoms. The van der Waals surface area contributed by atoms with Crippen molar-refractivity contribution in [3.8, 4) is 0 Å². The molecule has 0 saturated carbocycles. The molecule has 0 amide bonds. The number of benzene rings is 2. The van der Waals surface area contributed by atoms with Crippen molar-refractivity contribution in [3.63, 3.8) is 0 Å².